The monoisotopic (exact) mass is 419 g/mol. The summed E-state index contributed by atoms with van der Waals surface area (Å²) < 4.78 is 26.2. The van der Waals surface area contributed by atoms with Crippen molar-refractivity contribution in [3.05, 3.63) is 53.3 Å². The van der Waals surface area contributed by atoms with E-state index in [1.807, 2.05) is 31.2 Å². The zero-order valence-corrected chi connectivity index (χ0v) is 17.7. The normalized spacial score (nSPS) is 15.4. The molecule has 3 rings (SSSR count). The van der Waals surface area contributed by atoms with Gasteiger partial charge in [0.25, 0.3) is 5.91 Å². The van der Waals surface area contributed by atoms with Gasteiger partial charge in [-0.25, -0.2) is 22.7 Å². The van der Waals surface area contributed by atoms with Crippen molar-refractivity contribution in [1.29, 1.82) is 0 Å². The van der Waals surface area contributed by atoms with Gasteiger partial charge in [-0.15, -0.1) is 0 Å². The van der Waals surface area contributed by atoms with Gasteiger partial charge in [0.1, 0.15) is 0 Å². The number of anilines is 1. The van der Waals surface area contributed by atoms with Gasteiger partial charge in [0, 0.05) is 25.5 Å². The average Bonchev–Trinajstić information content (AvgIpc) is 2.69. The summed E-state index contributed by atoms with van der Waals surface area (Å²) in [7, 11) is -3.08. The first-order valence-corrected chi connectivity index (χ1v) is 11.2. The van der Waals surface area contributed by atoms with E-state index < -0.39 is 15.9 Å². The Labute approximate surface area is 172 Å². The highest BCUT2D eigenvalue weighted by Gasteiger charge is 2.25. The molecule has 9 heteroatoms. The molecule has 0 radical (unpaired) electrons. The summed E-state index contributed by atoms with van der Waals surface area (Å²) in [5, 5.41) is 0. The van der Waals surface area contributed by atoms with Gasteiger partial charge in [0.15, 0.2) is 0 Å². The Morgan fingerprint density at radius 1 is 1.14 bits per heavy atom. The van der Waals surface area contributed by atoms with E-state index in [1.165, 1.54) is 18.0 Å². The fourth-order valence-corrected chi connectivity index (χ4v) is 4.38. The van der Waals surface area contributed by atoms with Gasteiger partial charge < -0.3 is 11.5 Å². The van der Waals surface area contributed by atoms with E-state index in [1.54, 1.807) is 4.31 Å². The Bertz CT molecular complexity index is 891. The van der Waals surface area contributed by atoms with Gasteiger partial charge in [-0.3, -0.25) is 4.79 Å². The maximum absolute atomic E-state index is 12.3. The van der Waals surface area contributed by atoms with Crippen molar-refractivity contribution in [3.63, 3.8) is 0 Å². The Hall–Kier alpha value is -2.52. The second-order valence-corrected chi connectivity index (χ2v) is 9.42. The van der Waals surface area contributed by atoms with Gasteiger partial charge in [-0.05, 0) is 37.7 Å². The van der Waals surface area contributed by atoms with Gasteiger partial charge in [-0.1, -0.05) is 36.8 Å². The maximum Gasteiger partial charge on any atom is 0.251 e. The molecule has 1 fully saturated rings. The molecule has 1 aliphatic heterocycles. The lowest BCUT2D eigenvalue weighted by atomic mass is 10.0. The number of carbonyl (C=O) groups excluding carboxylic acids is 1. The van der Waals surface area contributed by atoms with Crippen molar-refractivity contribution >= 4 is 21.9 Å². The van der Waals surface area contributed by atoms with Crippen LogP contribution in [0, 0.1) is 12.8 Å². The molecule has 29 heavy (non-hydrogen) atoms. The number of sulfonamides is 1. The Balaban J connectivity index is 0.000000253. The number of primary amides is 1. The van der Waals surface area contributed by atoms with E-state index in [2.05, 4.69) is 16.9 Å². The minimum Gasteiger partial charge on any atom is -0.368 e. The lowest BCUT2D eigenvalue weighted by Gasteiger charge is -2.29. The van der Waals surface area contributed by atoms with Crippen LogP contribution in [0.15, 0.2) is 36.7 Å². The molecule has 0 bridgehead atoms. The third-order valence-electron chi connectivity index (χ3n) is 4.86. The van der Waals surface area contributed by atoms with Gasteiger partial charge in [0.2, 0.25) is 16.0 Å². The molecule has 0 unspecified atom stereocenters. The van der Waals surface area contributed by atoms with Crippen molar-refractivity contribution in [2.75, 3.05) is 24.6 Å². The van der Waals surface area contributed by atoms with Crippen molar-refractivity contribution in [1.82, 2.24) is 14.3 Å². The minimum atomic E-state index is -3.08. The topological polar surface area (TPSA) is 132 Å². The van der Waals surface area contributed by atoms with E-state index in [9.17, 15) is 13.2 Å². The second kappa shape index (κ2) is 10.3. The molecular weight excluding hydrogens is 390 g/mol. The molecule has 1 aromatic carbocycles. The molecule has 8 nitrogen and oxygen atoms in total. The third kappa shape index (κ3) is 7.43. The predicted molar refractivity (Wildman–Crippen MR) is 114 cm³/mol. The highest BCUT2D eigenvalue weighted by molar-refractivity contribution is 7.89. The van der Waals surface area contributed by atoms with Crippen LogP contribution in [0.1, 0.15) is 41.3 Å². The summed E-state index contributed by atoms with van der Waals surface area (Å²) in [5.41, 5.74) is 12.6. The molecule has 158 valence electrons. The molecular formula is C20H29N5O3S. The molecule has 0 saturated carbocycles. The standard InChI is InChI=1S/C15H23NO2S.C5H6N4O/c1-13-3-5-15(6-4-13)9-12-19(17,18)16-10-7-14(2)8-11-16;6-4(10)3-1-8-5(7)9-2-3/h3-6,14H,7-12H2,1-2H3;1-2H,(H2,6,10)(H2,7,8,9). The van der Waals surface area contributed by atoms with E-state index in [4.69, 9.17) is 11.5 Å². The minimum absolute atomic E-state index is 0.130. The Kier molecular flexibility index (Phi) is 8.10. The number of hydrogen-bond donors (Lipinski definition) is 2. The van der Waals surface area contributed by atoms with Crippen LogP contribution in [0.4, 0.5) is 5.95 Å². The second-order valence-electron chi connectivity index (χ2n) is 7.33. The van der Waals surface area contributed by atoms with Crippen LogP contribution in [0.25, 0.3) is 0 Å². The number of piperidine rings is 1. The summed E-state index contributed by atoms with van der Waals surface area (Å²) in [5.74, 6) is 0.457. The van der Waals surface area contributed by atoms with E-state index in [-0.39, 0.29) is 17.3 Å². The van der Waals surface area contributed by atoms with Gasteiger partial charge in [0.05, 0.1) is 11.3 Å². The number of nitrogen functional groups attached to an aromatic ring is 1. The average molecular weight is 420 g/mol. The largest absolute Gasteiger partial charge is 0.368 e. The molecule has 0 atom stereocenters. The quantitative estimate of drug-likeness (QED) is 0.759. The number of aromatic nitrogens is 2. The highest BCUT2D eigenvalue weighted by Crippen LogP contribution is 2.19. The summed E-state index contributed by atoms with van der Waals surface area (Å²) in [6, 6.07) is 8.10. The highest BCUT2D eigenvalue weighted by atomic mass is 32.2. The smallest absolute Gasteiger partial charge is 0.251 e. The number of nitrogens with two attached hydrogens (primary N) is 2. The Morgan fingerprint density at radius 3 is 2.21 bits per heavy atom. The zero-order valence-electron chi connectivity index (χ0n) is 16.9. The number of aryl methyl sites for hydroxylation is 2. The number of hydrogen-bond acceptors (Lipinski definition) is 6. The fraction of sp³-hybridized carbons (Fsp3) is 0.450. The summed E-state index contributed by atoms with van der Waals surface area (Å²) in [6.45, 7) is 5.61. The summed E-state index contributed by atoms with van der Waals surface area (Å²) in [4.78, 5) is 17.5. The van der Waals surface area contributed by atoms with Crippen LogP contribution in [0.2, 0.25) is 0 Å². The van der Waals surface area contributed by atoms with Gasteiger partial charge in [-0.2, -0.15) is 0 Å². The van der Waals surface area contributed by atoms with Crippen LogP contribution >= 0.6 is 0 Å². The lowest BCUT2D eigenvalue weighted by molar-refractivity contribution is 0.0999. The molecule has 2 aromatic rings. The van der Waals surface area contributed by atoms with E-state index in [0.717, 1.165) is 18.4 Å². The Morgan fingerprint density at radius 2 is 1.69 bits per heavy atom. The maximum atomic E-state index is 12.3. The number of amides is 1. The zero-order chi connectivity index (χ0) is 21.4. The first-order valence-electron chi connectivity index (χ1n) is 9.58. The summed E-state index contributed by atoms with van der Waals surface area (Å²) in [6.07, 6.45) is 5.15. The molecule has 1 amide bonds. The third-order valence-corrected chi connectivity index (χ3v) is 6.73. The first-order chi connectivity index (χ1) is 13.7. The van der Waals surface area contributed by atoms with Gasteiger partial charge >= 0.3 is 0 Å². The van der Waals surface area contributed by atoms with Crippen molar-refractivity contribution in [2.24, 2.45) is 11.7 Å². The number of carbonyl (C=O) groups is 1. The number of rotatable bonds is 5. The van der Waals surface area contributed by atoms with Crippen molar-refractivity contribution in [3.8, 4) is 0 Å². The van der Waals surface area contributed by atoms with Crippen molar-refractivity contribution < 1.29 is 13.2 Å². The number of benzene rings is 1. The van der Waals surface area contributed by atoms with Crippen LogP contribution in [0.3, 0.4) is 0 Å². The fourth-order valence-electron chi connectivity index (χ4n) is 2.86. The number of nitrogens with zero attached hydrogens (tertiary/aromatic N) is 3. The van der Waals surface area contributed by atoms with Crippen molar-refractivity contribution in [2.45, 2.75) is 33.1 Å². The van der Waals surface area contributed by atoms with E-state index >= 15 is 0 Å². The molecule has 0 spiro atoms. The van der Waals surface area contributed by atoms with Crippen LogP contribution in [0.5, 0.6) is 0 Å². The summed E-state index contributed by atoms with van der Waals surface area (Å²) >= 11 is 0. The predicted octanol–water partition coefficient (Wildman–Crippen LogP) is 1.76. The molecule has 0 aliphatic carbocycles. The molecule has 1 saturated heterocycles. The SMILES string of the molecule is Cc1ccc(CCS(=O)(=O)N2CCC(C)CC2)cc1.NC(=O)c1cnc(N)nc1. The molecule has 4 N–H and O–H groups in total. The van der Waals surface area contributed by atoms with Crippen LogP contribution < -0.4 is 11.5 Å². The molecule has 1 aliphatic rings. The lowest BCUT2D eigenvalue weighted by Crippen LogP contribution is -2.39. The van der Waals surface area contributed by atoms with Crippen LogP contribution in [-0.4, -0.2) is 47.4 Å². The molecule has 1 aromatic heterocycles. The van der Waals surface area contributed by atoms with E-state index in [0.29, 0.717) is 25.4 Å². The van der Waals surface area contributed by atoms with Crippen LogP contribution in [-0.2, 0) is 16.4 Å². The first kappa shape index (κ1) is 22.8. The molecule has 2 heterocycles.